The lowest BCUT2D eigenvalue weighted by Crippen LogP contribution is -2.37. The van der Waals surface area contributed by atoms with Gasteiger partial charge in [0.1, 0.15) is 0 Å². The molecule has 3 rings (SSSR count). The molecular formula is C15H27NO. The number of hydrogen-bond acceptors (Lipinski definition) is 2. The number of methoxy groups -OCH3 is 1. The number of nitrogens with zero attached hydrogens (tertiary/aromatic N) is 1. The summed E-state index contributed by atoms with van der Waals surface area (Å²) < 4.78 is 5.52. The smallest absolute Gasteiger partial charge is 0.0577 e. The normalized spacial score (nSPS) is 47.3. The molecule has 1 aliphatic heterocycles. The second-order valence-electron chi connectivity index (χ2n) is 6.72. The molecule has 0 aromatic heterocycles. The van der Waals surface area contributed by atoms with Gasteiger partial charge in [0.25, 0.3) is 0 Å². The van der Waals surface area contributed by atoms with E-state index >= 15 is 0 Å². The van der Waals surface area contributed by atoms with Crippen molar-refractivity contribution < 1.29 is 4.74 Å². The first kappa shape index (κ1) is 12.0. The fourth-order valence-electron chi connectivity index (χ4n) is 4.38. The van der Waals surface area contributed by atoms with Gasteiger partial charge >= 0.3 is 0 Å². The molecule has 2 unspecified atom stereocenters. The van der Waals surface area contributed by atoms with Crippen molar-refractivity contribution in [3.63, 3.8) is 0 Å². The molecule has 2 saturated carbocycles. The van der Waals surface area contributed by atoms with Gasteiger partial charge in [-0.15, -0.1) is 0 Å². The maximum atomic E-state index is 5.52. The van der Waals surface area contributed by atoms with E-state index in [0.717, 1.165) is 23.8 Å². The minimum atomic E-state index is 0.568. The Morgan fingerprint density at radius 1 is 0.941 bits per heavy atom. The summed E-state index contributed by atoms with van der Waals surface area (Å²) in [6.07, 6.45) is 9.03. The van der Waals surface area contributed by atoms with Crippen LogP contribution in [-0.2, 0) is 4.74 Å². The molecule has 1 saturated heterocycles. The standard InChI is InChI=1S/C15H27NO/c1-11-3-5-14(6-4-11)16-9-12-7-15(17-2)8-13(12)10-16/h11-15H,3-10H2,1-2H3. The summed E-state index contributed by atoms with van der Waals surface area (Å²) in [4.78, 5) is 2.81. The van der Waals surface area contributed by atoms with Gasteiger partial charge in [-0.2, -0.15) is 0 Å². The second-order valence-corrected chi connectivity index (χ2v) is 6.72. The maximum absolute atomic E-state index is 5.52. The predicted octanol–water partition coefficient (Wildman–Crippen LogP) is 2.92. The molecule has 0 N–H and O–H groups in total. The van der Waals surface area contributed by atoms with Crippen LogP contribution in [0, 0.1) is 17.8 Å². The van der Waals surface area contributed by atoms with Gasteiger partial charge in [-0.25, -0.2) is 0 Å². The Hall–Kier alpha value is -0.0800. The zero-order valence-corrected chi connectivity index (χ0v) is 11.4. The van der Waals surface area contributed by atoms with Gasteiger partial charge in [-0.1, -0.05) is 6.92 Å². The topological polar surface area (TPSA) is 12.5 Å². The summed E-state index contributed by atoms with van der Waals surface area (Å²) in [5, 5.41) is 0. The predicted molar refractivity (Wildman–Crippen MR) is 70.0 cm³/mol. The van der Waals surface area contributed by atoms with E-state index in [1.807, 2.05) is 7.11 Å². The lowest BCUT2D eigenvalue weighted by Gasteiger charge is -2.34. The summed E-state index contributed by atoms with van der Waals surface area (Å²) in [5.41, 5.74) is 0. The van der Waals surface area contributed by atoms with Crippen LogP contribution in [0.1, 0.15) is 45.4 Å². The van der Waals surface area contributed by atoms with Crippen molar-refractivity contribution >= 4 is 0 Å². The molecule has 0 bridgehead atoms. The first-order valence-corrected chi connectivity index (χ1v) is 7.53. The van der Waals surface area contributed by atoms with E-state index in [1.54, 1.807) is 0 Å². The number of likely N-dealkylation sites (tertiary alicyclic amines) is 1. The number of fused-ring (bicyclic) bond motifs is 1. The highest BCUT2D eigenvalue weighted by molar-refractivity contribution is 4.95. The van der Waals surface area contributed by atoms with Crippen molar-refractivity contribution in [2.24, 2.45) is 17.8 Å². The summed E-state index contributed by atoms with van der Waals surface area (Å²) in [6, 6.07) is 0.915. The summed E-state index contributed by atoms with van der Waals surface area (Å²) in [7, 11) is 1.88. The van der Waals surface area contributed by atoms with E-state index in [0.29, 0.717) is 6.10 Å². The van der Waals surface area contributed by atoms with E-state index in [9.17, 15) is 0 Å². The molecule has 0 aromatic rings. The van der Waals surface area contributed by atoms with E-state index in [2.05, 4.69) is 11.8 Å². The third kappa shape index (κ3) is 2.39. The SMILES string of the molecule is COC1CC2CN(C3CCC(C)CC3)CC2C1. The van der Waals surface area contributed by atoms with Gasteiger partial charge in [0.15, 0.2) is 0 Å². The molecule has 2 nitrogen and oxygen atoms in total. The largest absolute Gasteiger partial charge is 0.381 e. The van der Waals surface area contributed by atoms with E-state index in [1.165, 1.54) is 51.6 Å². The minimum Gasteiger partial charge on any atom is -0.381 e. The van der Waals surface area contributed by atoms with Gasteiger partial charge in [0, 0.05) is 26.2 Å². The first-order valence-electron chi connectivity index (χ1n) is 7.53. The average Bonchev–Trinajstić information content (AvgIpc) is 2.87. The quantitative estimate of drug-likeness (QED) is 0.732. The van der Waals surface area contributed by atoms with Crippen LogP contribution in [0.2, 0.25) is 0 Å². The maximum Gasteiger partial charge on any atom is 0.0577 e. The molecule has 17 heavy (non-hydrogen) atoms. The molecule has 2 heteroatoms. The monoisotopic (exact) mass is 237 g/mol. The van der Waals surface area contributed by atoms with Crippen molar-refractivity contribution in [1.82, 2.24) is 4.90 Å². The molecule has 1 heterocycles. The zero-order valence-electron chi connectivity index (χ0n) is 11.4. The van der Waals surface area contributed by atoms with Gasteiger partial charge in [-0.05, 0) is 56.3 Å². The Morgan fingerprint density at radius 2 is 1.53 bits per heavy atom. The summed E-state index contributed by atoms with van der Waals surface area (Å²) >= 11 is 0. The van der Waals surface area contributed by atoms with Gasteiger partial charge < -0.3 is 4.74 Å². The first-order chi connectivity index (χ1) is 8.26. The average molecular weight is 237 g/mol. The van der Waals surface area contributed by atoms with Gasteiger partial charge in [-0.3, -0.25) is 4.90 Å². The second kappa shape index (κ2) is 4.89. The Bertz CT molecular complexity index is 246. The van der Waals surface area contributed by atoms with Crippen LogP contribution in [-0.4, -0.2) is 37.2 Å². The Kier molecular flexibility index (Phi) is 3.45. The van der Waals surface area contributed by atoms with Crippen LogP contribution in [0.15, 0.2) is 0 Å². The Morgan fingerprint density at radius 3 is 2.06 bits per heavy atom. The molecule has 0 amide bonds. The van der Waals surface area contributed by atoms with E-state index < -0.39 is 0 Å². The lowest BCUT2D eigenvalue weighted by molar-refractivity contribution is 0.0889. The highest BCUT2D eigenvalue weighted by atomic mass is 16.5. The van der Waals surface area contributed by atoms with Crippen LogP contribution in [0.4, 0.5) is 0 Å². The Labute approximate surface area is 106 Å². The third-order valence-corrected chi connectivity index (χ3v) is 5.57. The number of ether oxygens (including phenoxy) is 1. The van der Waals surface area contributed by atoms with Crippen molar-refractivity contribution in [3.8, 4) is 0 Å². The van der Waals surface area contributed by atoms with Crippen molar-refractivity contribution in [3.05, 3.63) is 0 Å². The zero-order chi connectivity index (χ0) is 11.8. The van der Waals surface area contributed by atoms with Crippen LogP contribution in [0.3, 0.4) is 0 Å². The minimum absolute atomic E-state index is 0.568. The summed E-state index contributed by atoms with van der Waals surface area (Å²) in [6.45, 7) is 5.14. The Balaban J connectivity index is 1.52. The molecule has 98 valence electrons. The highest BCUT2D eigenvalue weighted by Crippen LogP contribution is 2.41. The van der Waals surface area contributed by atoms with Crippen molar-refractivity contribution in [2.45, 2.75) is 57.6 Å². The summed E-state index contributed by atoms with van der Waals surface area (Å²) in [5.74, 6) is 2.87. The molecule has 2 atom stereocenters. The van der Waals surface area contributed by atoms with Crippen molar-refractivity contribution in [2.75, 3.05) is 20.2 Å². The van der Waals surface area contributed by atoms with Gasteiger partial charge in [0.05, 0.1) is 6.10 Å². The molecule has 0 spiro atoms. The van der Waals surface area contributed by atoms with Crippen molar-refractivity contribution in [1.29, 1.82) is 0 Å². The van der Waals surface area contributed by atoms with Gasteiger partial charge in [0.2, 0.25) is 0 Å². The lowest BCUT2D eigenvalue weighted by atomic mass is 9.86. The number of rotatable bonds is 2. The third-order valence-electron chi connectivity index (χ3n) is 5.57. The van der Waals surface area contributed by atoms with E-state index in [-0.39, 0.29) is 0 Å². The fraction of sp³-hybridized carbons (Fsp3) is 1.00. The van der Waals surface area contributed by atoms with E-state index in [4.69, 9.17) is 4.74 Å². The van der Waals surface area contributed by atoms with Crippen LogP contribution in [0.5, 0.6) is 0 Å². The fourth-order valence-corrected chi connectivity index (χ4v) is 4.38. The molecule has 2 aliphatic carbocycles. The molecule has 3 fully saturated rings. The van der Waals surface area contributed by atoms with Crippen LogP contribution < -0.4 is 0 Å². The van der Waals surface area contributed by atoms with Crippen LogP contribution in [0.25, 0.3) is 0 Å². The number of hydrogen-bond donors (Lipinski definition) is 0. The molecular weight excluding hydrogens is 210 g/mol. The molecule has 3 aliphatic rings. The van der Waals surface area contributed by atoms with Crippen LogP contribution >= 0.6 is 0 Å². The molecule has 0 aromatic carbocycles. The highest BCUT2D eigenvalue weighted by Gasteiger charge is 2.42. The molecule has 0 radical (unpaired) electrons.